The van der Waals surface area contributed by atoms with E-state index in [0.717, 1.165) is 19.8 Å². The van der Waals surface area contributed by atoms with Crippen LogP contribution in [0.15, 0.2) is 0 Å². The van der Waals surface area contributed by atoms with Gasteiger partial charge in [0.05, 0.1) is 6.67 Å². The van der Waals surface area contributed by atoms with E-state index in [1.807, 2.05) is 0 Å². The molecular formula is C21H45N3. The van der Waals surface area contributed by atoms with Crippen molar-refractivity contribution in [3.8, 4) is 0 Å². The molecule has 0 aliphatic carbocycles. The molecule has 0 saturated carbocycles. The standard InChI is InChI=1S/C21H45N3/c1-6-10-12-14-19(8-3)23-16-21(5,22)17-24(18-23)20(9-4)15-13-11-7-2/h19-20H,6-18,22H2,1-5H3/t19-,20-/m0/s1. The van der Waals surface area contributed by atoms with Gasteiger partial charge >= 0.3 is 0 Å². The van der Waals surface area contributed by atoms with Crippen LogP contribution in [0.4, 0.5) is 0 Å². The van der Waals surface area contributed by atoms with E-state index in [-0.39, 0.29) is 5.54 Å². The molecule has 1 fully saturated rings. The van der Waals surface area contributed by atoms with Crippen molar-refractivity contribution in [3.63, 3.8) is 0 Å². The zero-order valence-electron chi connectivity index (χ0n) is 17.3. The van der Waals surface area contributed by atoms with E-state index in [1.165, 1.54) is 64.2 Å². The molecule has 1 aliphatic heterocycles. The molecule has 0 unspecified atom stereocenters. The number of hydrogen-bond donors (Lipinski definition) is 1. The van der Waals surface area contributed by atoms with Gasteiger partial charge in [-0.1, -0.05) is 66.2 Å². The van der Waals surface area contributed by atoms with Gasteiger partial charge in [0.1, 0.15) is 0 Å². The molecule has 0 radical (unpaired) electrons. The second-order valence-electron chi connectivity index (χ2n) is 8.40. The second-order valence-corrected chi connectivity index (χ2v) is 8.40. The molecule has 0 aromatic rings. The minimum absolute atomic E-state index is 0.0748. The average Bonchev–Trinajstić information content (AvgIpc) is 2.54. The van der Waals surface area contributed by atoms with E-state index in [1.54, 1.807) is 0 Å². The van der Waals surface area contributed by atoms with Crippen LogP contribution >= 0.6 is 0 Å². The second kappa shape index (κ2) is 11.5. The number of nitrogens with two attached hydrogens (primary N) is 1. The largest absolute Gasteiger partial charge is 0.323 e. The Kier molecular flexibility index (Phi) is 10.5. The summed E-state index contributed by atoms with van der Waals surface area (Å²) >= 11 is 0. The van der Waals surface area contributed by atoms with Crippen molar-refractivity contribution in [2.75, 3.05) is 19.8 Å². The van der Waals surface area contributed by atoms with Crippen molar-refractivity contribution in [1.29, 1.82) is 0 Å². The van der Waals surface area contributed by atoms with E-state index in [0.29, 0.717) is 12.1 Å². The average molecular weight is 340 g/mol. The van der Waals surface area contributed by atoms with Crippen molar-refractivity contribution < 1.29 is 0 Å². The van der Waals surface area contributed by atoms with Crippen LogP contribution in [0.2, 0.25) is 0 Å². The molecule has 1 saturated heterocycles. The molecule has 0 aromatic carbocycles. The fraction of sp³-hybridized carbons (Fsp3) is 1.00. The van der Waals surface area contributed by atoms with Crippen molar-refractivity contribution in [2.45, 2.75) is 116 Å². The maximum Gasteiger partial charge on any atom is 0.0513 e. The lowest BCUT2D eigenvalue weighted by Crippen LogP contribution is -2.65. The third-order valence-corrected chi connectivity index (χ3v) is 5.75. The summed E-state index contributed by atoms with van der Waals surface area (Å²) in [5, 5.41) is 0. The summed E-state index contributed by atoms with van der Waals surface area (Å²) in [6, 6.07) is 1.41. The molecule has 2 N–H and O–H groups in total. The molecule has 24 heavy (non-hydrogen) atoms. The molecule has 3 heteroatoms. The first-order valence-corrected chi connectivity index (χ1v) is 10.7. The smallest absolute Gasteiger partial charge is 0.0513 e. The number of unbranched alkanes of at least 4 members (excludes halogenated alkanes) is 4. The zero-order valence-corrected chi connectivity index (χ0v) is 17.3. The van der Waals surface area contributed by atoms with Crippen LogP contribution in [0, 0.1) is 0 Å². The molecule has 144 valence electrons. The van der Waals surface area contributed by atoms with E-state index in [9.17, 15) is 0 Å². The minimum atomic E-state index is -0.0748. The van der Waals surface area contributed by atoms with Crippen LogP contribution < -0.4 is 5.73 Å². The molecule has 0 amide bonds. The van der Waals surface area contributed by atoms with Gasteiger partial charge < -0.3 is 5.73 Å². The van der Waals surface area contributed by atoms with Crippen molar-refractivity contribution >= 4 is 0 Å². The van der Waals surface area contributed by atoms with Gasteiger partial charge in [0.2, 0.25) is 0 Å². The van der Waals surface area contributed by atoms with Crippen molar-refractivity contribution in [2.24, 2.45) is 5.73 Å². The normalized spacial score (nSPS) is 21.8. The Morgan fingerprint density at radius 2 is 1.21 bits per heavy atom. The lowest BCUT2D eigenvalue weighted by molar-refractivity contribution is -0.0185. The predicted octanol–water partition coefficient (Wildman–Crippen LogP) is 5.00. The molecule has 0 bridgehead atoms. The van der Waals surface area contributed by atoms with Gasteiger partial charge in [0.15, 0.2) is 0 Å². The highest BCUT2D eigenvalue weighted by Gasteiger charge is 2.36. The third kappa shape index (κ3) is 7.41. The Morgan fingerprint density at radius 1 is 0.792 bits per heavy atom. The Hall–Kier alpha value is -0.120. The quantitative estimate of drug-likeness (QED) is 0.508. The molecule has 0 aromatic heterocycles. The fourth-order valence-corrected chi connectivity index (χ4v) is 4.35. The van der Waals surface area contributed by atoms with Crippen LogP contribution in [0.3, 0.4) is 0 Å². The van der Waals surface area contributed by atoms with Crippen molar-refractivity contribution in [3.05, 3.63) is 0 Å². The van der Waals surface area contributed by atoms with E-state index in [2.05, 4.69) is 44.4 Å². The van der Waals surface area contributed by atoms with Crippen molar-refractivity contribution in [1.82, 2.24) is 9.80 Å². The summed E-state index contributed by atoms with van der Waals surface area (Å²) in [7, 11) is 0. The number of nitrogens with zero attached hydrogens (tertiary/aromatic N) is 2. The Balaban J connectivity index is 2.69. The lowest BCUT2D eigenvalue weighted by atomic mass is 9.94. The maximum atomic E-state index is 6.67. The third-order valence-electron chi connectivity index (χ3n) is 5.75. The summed E-state index contributed by atoms with van der Waals surface area (Å²) in [5.74, 6) is 0. The molecule has 0 spiro atoms. The highest BCUT2D eigenvalue weighted by Crippen LogP contribution is 2.25. The van der Waals surface area contributed by atoms with Crippen LogP contribution in [0.1, 0.15) is 98.8 Å². The highest BCUT2D eigenvalue weighted by atomic mass is 15.4. The molecule has 1 heterocycles. The maximum absolute atomic E-state index is 6.67. The van der Waals surface area contributed by atoms with Crippen LogP contribution in [-0.2, 0) is 0 Å². The SMILES string of the molecule is CCCCC[C@H](CC)N1CN([C@@H](CC)CCCCC)CC(C)(N)C1. The molecular weight excluding hydrogens is 294 g/mol. The van der Waals surface area contributed by atoms with Crippen LogP contribution in [-0.4, -0.2) is 47.2 Å². The Morgan fingerprint density at radius 3 is 1.54 bits per heavy atom. The number of rotatable bonds is 12. The van der Waals surface area contributed by atoms with Gasteiger partial charge in [-0.25, -0.2) is 0 Å². The monoisotopic (exact) mass is 339 g/mol. The van der Waals surface area contributed by atoms with Gasteiger partial charge in [-0.2, -0.15) is 0 Å². The minimum Gasteiger partial charge on any atom is -0.323 e. The Labute approximate surface area is 152 Å². The molecule has 1 aliphatic rings. The van der Waals surface area contributed by atoms with Gasteiger partial charge in [0.25, 0.3) is 0 Å². The topological polar surface area (TPSA) is 32.5 Å². The van der Waals surface area contributed by atoms with Gasteiger partial charge in [-0.3, -0.25) is 9.80 Å². The van der Waals surface area contributed by atoms with E-state index < -0.39 is 0 Å². The molecule has 1 rings (SSSR count). The zero-order chi connectivity index (χ0) is 18.0. The van der Waals surface area contributed by atoms with Gasteiger partial charge in [0, 0.05) is 30.7 Å². The van der Waals surface area contributed by atoms with Gasteiger partial charge in [-0.15, -0.1) is 0 Å². The summed E-state index contributed by atoms with van der Waals surface area (Å²) in [6.45, 7) is 14.8. The summed E-state index contributed by atoms with van der Waals surface area (Å²) in [4.78, 5) is 5.39. The van der Waals surface area contributed by atoms with E-state index in [4.69, 9.17) is 5.73 Å². The summed E-state index contributed by atoms with van der Waals surface area (Å²) in [6.07, 6.45) is 13.2. The molecule has 3 nitrogen and oxygen atoms in total. The summed E-state index contributed by atoms with van der Waals surface area (Å²) < 4.78 is 0. The van der Waals surface area contributed by atoms with E-state index >= 15 is 0 Å². The van der Waals surface area contributed by atoms with Gasteiger partial charge in [-0.05, 0) is 32.6 Å². The first-order valence-electron chi connectivity index (χ1n) is 10.7. The lowest BCUT2D eigenvalue weighted by Gasteiger charge is -2.49. The summed E-state index contributed by atoms with van der Waals surface area (Å²) in [5.41, 5.74) is 6.60. The van der Waals surface area contributed by atoms with Crippen LogP contribution in [0.25, 0.3) is 0 Å². The first kappa shape index (κ1) is 21.9. The predicted molar refractivity (Wildman–Crippen MR) is 107 cm³/mol. The highest BCUT2D eigenvalue weighted by molar-refractivity contribution is 4.94. The number of hydrogen-bond acceptors (Lipinski definition) is 3. The first-order chi connectivity index (χ1) is 11.5. The fourth-order valence-electron chi connectivity index (χ4n) is 4.35. The Bertz CT molecular complexity index is 288. The van der Waals surface area contributed by atoms with Crippen LogP contribution in [0.5, 0.6) is 0 Å². The molecule has 2 atom stereocenters.